The molecule has 0 radical (unpaired) electrons. The lowest BCUT2D eigenvalue weighted by molar-refractivity contribution is 0.113. The largest absolute Gasteiger partial charge is 0.390 e. The van der Waals surface area contributed by atoms with E-state index in [0.29, 0.717) is 18.4 Å². The van der Waals surface area contributed by atoms with Gasteiger partial charge >= 0.3 is 0 Å². The average Bonchev–Trinajstić information content (AvgIpc) is 2.65. The highest BCUT2D eigenvalue weighted by Crippen LogP contribution is 2.16. The van der Waals surface area contributed by atoms with Gasteiger partial charge in [-0.1, -0.05) is 13.8 Å². The number of aliphatic hydroxyl groups excluding tert-OH is 1. The molecule has 17 heavy (non-hydrogen) atoms. The van der Waals surface area contributed by atoms with Gasteiger partial charge < -0.3 is 20.1 Å². The maximum atomic E-state index is 9.90. The highest BCUT2D eigenvalue weighted by Gasteiger charge is 2.23. The van der Waals surface area contributed by atoms with Gasteiger partial charge in [0.1, 0.15) is 0 Å². The van der Waals surface area contributed by atoms with Gasteiger partial charge in [0.25, 0.3) is 0 Å². The third kappa shape index (κ3) is 6.36. The molecule has 1 aliphatic heterocycles. The number of nitrogens with one attached hydrogen (secondary N) is 1. The Morgan fingerprint density at radius 3 is 2.82 bits per heavy atom. The molecule has 0 aromatic carbocycles. The van der Waals surface area contributed by atoms with Gasteiger partial charge in [-0.25, -0.2) is 0 Å². The van der Waals surface area contributed by atoms with Crippen LogP contribution >= 0.6 is 0 Å². The minimum atomic E-state index is -0.255. The summed E-state index contributed by atoms with van der Waals surface area (Å²) >= 11 is 0. The van der Waals surface area contributed by atoms with E-state index >= 15 is 0 Å². The van der Waals surface area contributed by atoms with Gasteiger partial charge in [-0.3, -0.25) is 0 Å². The molecule has 1 rings (SSSR count). The Labute approximate surface area is 105 Å². The van der Waals surface area contributed by atoms with Gasteiger partial charge in [-0.05, 0) is 31.3 Å². The zero-order chi connectivity index (χ0) is 12.7. The van der Waals surface area contributed by atoms with Gasteiger partial charge in [0.15, 0.2) is 0 Å². The molecule has 102 valence electrons. The minimum absolute atomic E-state index is 0.255. The van der Waals surface area contributed by atoms with Crippen LogP contribution in [0.5, 0.6) is 0 Å². The summed E-state index contributed by atoms with van der Waals surface area (Å²) in [4.78, 5) is 2.34. The van der Waals surface area contributed by atoms with Crippen LogP contribution in [0.3, 0.4) is 0 Å². The predicted octanol–water partition coefficient (Wildman–Crippen LogP) is 0.561. The van der Waals surface area contributed by atoms with E-state index in [-0.39, 0.29) is 6.10 Å². The van der Waals surface area contributed by atoms with Crippen molar-refractivity contribution in [3.05, 3.63) is 0 Å². The maximum absolute atomic E-state index is 9.90. The fourth-order valence-electron chi connectivity index (χ4n) is 2.35. The van der Waals surface area contributed by atoms with Crippen molar-refractivity contribution in [2.24, 2.45) is 11.8 Å². The first-order chi connectivity index (χ1) is 8.11. The molecule has 0 spiro atoms. The fraction of sp³-hybridized carbons (Fsp3) is 1.00. The first-order valence-electron chi connectivity index (χ1n) is 6.72. The van der Waals surface area contributed by atoms with E-state index in [0.717, 1.165) is 32.8 Å². The van der Waals surface area contributed by atoms with Crippen LogP contribution in [0.1, 0.15) is 20.3 Å². The van der Waals surface area contributed by atoms with Crippen LogP contribution in [-0.4, -0.2) is 62.6 Å². The van der Waals surface area contributed by atoms with Crippen molar-refractivity contribution >= 4 is 0 Å². The van der Waals surface area contributed by atoms with Gasteiger partial charge in [-0.15, -0.1) is 0 Å². The molecule has 1 heterocycles. The molecule has 1 fully saturated rings. The summed E-state index contributed by atoms with van der Waals surface area (Å²) in [7, 11) is 1.76. The quantitative estimate of drug-likeness (QED) is 0.655. The molecular formula is C13H28N2O2. The van der Waals surface area contributed by atoms with E-state index in [1.165, 1.54) is 6.42 Å². The molecule has 2 unspecified atom stereocenters. The molecule has 4 heteroatoms. The number of likely N-dealkylation sites (tertiary alicyclic amines) is 1. The summed E-state index contributed by atoms with van der Waals surface area (Å²) in [5.41, 5.74) is 0. The summed E-state index contributed by atoms with van der Waals surface area (Å²) in [5, 5.41) is 13.2. The van der Waals surface area contributed by atoms with E-state index in [2.05, 4.69) is 24.1 Å². The topological polar surface area (TPSA) is 44.7 Å². The Bertz CT molecular complexity index is 200. The molecule has 0 bridgehead atoms. The highest BCUT2D eigenvalue weighted by atomic mass is 16.5. The summed E-state index contributed by atoms with van der Waals surface area (Å²) in [6.07, 6.45) is 0.940. The molecule has 0 aliphatic carbocycles. The highest BCUT2D eigenvalue weighted by molar-refractivity contribution is 4.77. The zero-order valence-electron chi connectivity index (χ0n) is 11.5. The van der Waals surface area contributed by atoms with Crippen LogP contribution in [0.4, 0.5) is 0 Å². The van der Waals surface area contributed by atoms with Crippen LogP contribution in [-0.2, 0) is 4.74 Å². The number of methoxy groups -OCH3 is 1. The lowest BCUT2D eigenvalue weighted by Crippen LogP contribution is -2.38. The second kappa shape index (κ2) is 8.03. The Morgan fingerprint density at radius 2 is 2.18 bits per heavy atom. The van der Waals surface area contributed by atoms with Crippen molar-refractivity contribution in [2.45, 2.75) is 26.4 Å². The predicted molar refractivity (Wildman–Crippen MR) is 70.1 cm³/mol. The molecule has 0 aromatic rings. The lowest BCUT2D eigenvalue weighted by Gasteiger charge is -2.20. The molecule has 2 N–H and O–H groups in total. The lowest BCUT2D eigenvalue weighted by atomic mass is 10.1. The van der Waals surface area contributed by atoms with E-state index in [1.54, 1.807) is 7.11 Å². The van der Waals surface area contributed by atoms with E-state index < -0.39 is 0 Å². The first-order valence-corrected chi connectivity index (χ1v) is 6.72. The molecule has 1 aliphatic rings. The Morgan fingerprint density at radius 1 is 1.41 bits per heavy atom. The first kappa shape index (κ1) is 14.9. The van der Waals surface area contributed by atoms with Crippen molar-refractivity contribution in [3.8, 4) is 0 Å². The van der Waals surface area contributed by atoms with Crippen molar-refractivity contribution < 1.29 is 9.84 Å². The average molecular weight is 244 g/mol. The molecule has 1 saturated heterocycles. The number of ether oxygens (including phenoxy) is 1. The standard InChI is InChI=1S/C13H28N2O2/c1-11(2)6-14-7-13(16)9-15-5-4-12(8-15)10-17-3/h11-14,16H,4-10H2,1-3H3. The third-order valence-corrected chi connectivity index (χ3v) is 3.17. The van der Waals surface area contributed by atoms with Crippen LogP contribution in [0.25, 0.3) is 0 Å². The van der Waals surface area contributed by atoms with Gasteiger partial charge in [-0.2, -0.15) is 0 Å². The smallest absolute Gasteiger partial charge is 0.0791 e. The maximum Gasteiger partial charge on any atom is 0.0791 e. The Balaban J connectivity index is 2.08. The molecule has 4 nitrogen and oxygen atoms in total. The van der Waals surface area contributed by atoms with Crippen LogP contribution in [0.15, 0.2) is 0 Å². The van der Waals surface area contributed by atoms with Crippen LogP contribution in [0, 0.1) is 11.8 Å². The third-order valence-electron chi connectivity index (χ3n) is 3.17. The van der Waals surface area contributed by atoms with Crippen molar-refractivity contribution in [1.29, 1.82) is 0 Å². The second-order valence-electron chi connectivity index (χ2n) is 5.58. The minimum Gasteiger partial charge on any atom is -0.390 e. The molecule has 0 saturated carbocycles. The zero-order valence-corrected chi connectivity index (χ0v) is 11.5. The van der Waals surface area contributed by atoms with E-state index in [1.807, 2.05) is 0 Å². The normalized spacial score (nSPS) is 23.5. The van der Waals surface area contributed by atoms with Crippen molar-refractivity contribution in [3.63, 3.8) is 0 Å². The summed E-state index contributed by atoms with van der Waals surface area (Å²) in [6.45, 7) is 9.81. The van der Waals surface area contributed by atoms with Gasteiger partial charge in [0, 0.05) is 26.7 Å². The second-order valence-corrected chi connectivity index (χ2v) is 5.58. The summed E-state index contributed by atoms with van der Waals surface area (Å²) in [6, 6.07) is 0. The summed E-state index contributed by atoms with van der Waals surface area (Å²) in [5.74, 6) is 1.29. The Hall–Kier alpha value is -0.160. The molecule has 0 amide bonds. The van der Waals surface area contributed by atoms with Crippen molar-refractivity contribution in [1.82, 2.24) is 10.2 Å². The van der Waals surface area contributed by atoms with Gasteiger partial charge in [0.2, 0.25) is 0 Å². The number of rotatable bonds is 8. The fourth-order valence-corrected chi connectivity index (χ4v) is 2.35. The number of hydrogen-bond donors (Lipinski definition) is 2. The van der Waals surface area contributed by atoms with Crippen LogP contribution < -0.4 is 5.32 Å². The number of aliphatic hydroxyl groups is 1. The Kier molecular flexibility index (Phi) is 7.04. The van der Waals surface area contributed by atoms with Crippen molar-refractivity contribution in [2.75, 3.05) is 46.4 Å². The van der Waals surface area contributed by atoms with E-state index in [4.69, 9.17) is 4.74 Å². The van der Waals surface area contributed by atoms with Crippen LogP contribution in [0.2, 0.25) is 0 Å². The molecule has 0 aromatic heterocycles. The monoisotopic (exact) mass is 244 g/mol. The molecule has 2 atom stereocenters. The number of β-amino-alcohol motifs (C(OH)–C–C–N with tert-alkyl or cyclic N) is 1. The summed E-state index contributed by atoms with van der Waals surface area (Å²) < 4.78 is 5.17. The van der Waals surface area contributed by atoms with Gasteiger partial charge in [0.05, 0.1) is 12.7 Å². The van der Waals surface area contributed by atoms with E-state index in [9.17, 15) is 5.11 Å². The number of hydrogen-bond acceptors (Lipinski definition) is 4. The SMILES string of the molecule is COCC1CCN(CC(O)CNCC(C)C)C1. The molecular weight excluding hydrogens is 216 g/mol. The number of nitrogens with zero attached hydrogens (tertiary/aromatic N) is 1.